The van der Waals surface area contributed by atoms with E-state index in [2.05, 4.69) is 209 Å². The summed E-state index contributed by atoms with van der Waals surface area (Å²) >= 11 is 6.10. The van der Waals surface area contributed by atoms with Crippen molar-refractivity contribution >= 4 is 108 Å². The van der Waals surface area contributed by atoms with Crippen LogP contribution in [0.3, 0.4) is 0 Å². The largest absolute Gasteiger partial charge is 0.354 e. The number of carbonyl (C=O) groups is 1. The first-order valence-electron chi connectivity index (χ1n) is 19.1. The molecule has 4 aromatic carbocycles. The molecule has 3 aromatic heterocycles. The number of aromatic nitrogens is 4. The summed E-state index contributed by atoms with van der Waals surface area (Å²) < 4.78 is 2.30. The lowest BCUT2D eigenvalue weighted by Crippen LogP contribution is -1.94. The maximum Gasteiger partial charge on any atom is 0.186 e. The fourth-order valence-corrected chi connectivity index (χ4v) is 9.84. The first kappa shape index (κ1) is 38.5. The number of benzene rings is 4. The molecule has 5 heterocycles. The second kappa shape index (κ2) is 16.0. The van der Waals surface area contributed by atoms with Gasteiger partial charge in [0.15, 0.2) is 5.12 Å². The SMILES string of the molecule is CC(=O)SCc1ccc(-c2c3nc(c(-c4cccc(I)c4)c4ccc([nH]4)c(-c4c(C)cc(C)cc4C)c4nc(c(-c5cccc(I)c5)c5ccc2[nH]5)C=C4)C=C3)cc1. The number of nitrogens with zero attached hydrogens (tertiary/aromatic N) is 2. The maximum atomic E-state index is 11.8. The third kappa shape index (κ3) is 7.53. The molecule has 2 aliphatic rings. The fourth-order valence-electron chi connectivity index (χ4n) is 8.19. The summed E-state index contributed by atoms with van der Waals surface area (Å²) in [5.74, 6) is 0.633. The molecule has 0 saturated heterocycles. The molecule has 0 radical (unpaired) electrons. The van der Waals surface area contributed by atoms with Gasteiger partial charge in [-0.15, -0.1) is 0 Å². The minimum absolute atomic E-state index is 0.110. The Balaban J connectivity index is 1.44. The summed E-state index contributed by atoms with van der Waals surface area (Å²) in [6, 6.07) is 38.9. The van der Waals surface area contributed by atoms with Crippen molar-refractivity contribution in [2.24, 2.45) is 0 Å². The zero-order valence-electron chi connectivity index (χ0n) is 32.4. The van der Waals surface area contributed by atoms with Crippen molar-refractivity contribution in [2.45, 2.75) is 33.4 Å². The predicted octanol–water partition coefficient (Wildman–Crippen LogP) is 14.2. The van der Waals surface area contributed by atoms with Gasteiger partial charge in [0, 0.05) is 64.1 Å². The molecular formula is C50H38I2N4OS. The predicted molar refractivity (Wildman–Crippen MR) is 262 cm³/mol. The van der Waals surface area contributed by atoms with Crippen molar-refractivity contribution in [3.05, 3.63) is 161 Å². The molecule has 8 bridgehead atoms. The number of aryl methyl sites for hydroxylation is 3. The van der Waals surface area contributed by atoms with Crippen molar-refractivity contribution in [3.63, 3.8) is 0 Å². The van der Waals surface area contributed by atoms with Crippen LogP contribution in [0.4, 0.5) is 0 Å². The summed E-state index contributed by atoms with van der Waals surface area (Å²) in [5, 5.41) is 0.110. The van der Waals surface area contributed by atoms with Crippen LogP contribution < -0.4 is 0 Å². The van der Waals surface area contributed by atoms with Gasteiger partial charge in [0.1, 0.15) is 0 Å². The first-order valence-corrected chi connectivity index (χ1v) is 22.2. The number of halogens is 2. The van der Waals surface area contributed by atoms with Crippen molar-refractivity contribution in [1.29, 1.82) is 0 Å². The van der Waals surface area contributed by atoms with Gasteiger partial charge in [0.2, 0.25) is 0 Å². The van der Waals surface area contributed by atoms with Gasteiger partial charge in [-0.3, -0.25) is 4.79 Å². The van der Waals surface area contributed by atoms with Gasteiger partial charge in [-0.1, -0.05) is 78.0 Å². The van der Waals surface area contributed by atoms with Gasteiger partial charge < -0.3 is 9.97 Å². The van der Waals surface area contributed by atoms with E-state index in [9.17, 15) is 4.79 Å². The molecule has 0 unspecified atom stereocenters. The van der Waals surface area contributed by atoms with Gasteiger partial charge >= 0.3 is 0 Å². The number of nitrogens with one attached hydrogen (secondary N) is 2. The normalized spacial score (nSPS) is 12.0. The van der Waals surface area contributed by atoms with Crippen LogP contribution in [0, 0.1) is 27.9 Å². The van der Waals surface area contributed by atoms with Gasteiger partial charge in [0.25, 0.3) is 0 Å². The third-order valence-corrected chi connectivity index (χ3v) is 12.8. The Hall–Kier alpha value is -5.04. The molecular weight excluding hydrogens is 958 g/mol. The molecule has 284 valence electrons. The summed E-state index contributed by atoms with van der Waals surface area (Å²) in [6.45, 7) is 8.17. The van der Waals surface area contributed by atoms with Crippen molar-refractivity contribution in [2.75, 3.05) is 0 Å². The number of thioether (sulfide) groups is 1. The number of rotatable bonds is 6. The molecule has 0 saturated carbocycles. The molecule has 9 rings (SSSR count). The highest BCUT2D eigenvalue weighted by Crippen LogP contribution is 2.40. The minimum Gasteiger partial charge on any atom is -0.354 e. The van der Waals surface area contributed by atoms with Crippen molar-refractivity contribution < 1.29 is 4.79 Å². The fraction of sp³-hybridized carbons (Fsp3) is 0.100. The van der Waals surface area contributed by atoms with E-state index in [0.29, 0.717) is 5.75 Å². The van der Waals surface area contributed by atoms with Gasteiger partial charge in [-0.25, -0.2) is 9.97 Å². The highest BCUT2D eigenvalue weighted by atomic mass is 127. The smallest absolute Gasteiger partial charge is 0.186 e. The summed E-state index contributed by atoms with van der Waals surface area (Å²) in [5.41, 5.74) is 20.6. The average molecular weight is 997 g/mol. The molecule has 0 aliphatic carbocycles. The number of hydrogen-bond acceptors (Lipinski definition) is 4. The van der Waals surface area contributed by atoms with Crippen molar-refractivity contribution in [3.8, 4) is 44.5 Å². The summed E-state index contributed by atoms with van der Waals surface area (Å²) in [6.07, 6.45) is 8.59. The minimum atomic E-state index is 0.110. The number of hydrogen-bond donors (Lipinski definition) is 2. The Bertz CT molecular complexity index is 2980. The maximum absolute atomic E-state index is 11.8. The molecule has 0 atom stereocenters. The quantitative estimate of drug-likeness (QED) is 0.163. The van der Waals surface area contributed by atoms with Crippen LogP contribution in [0.2, 0.25) is 0 Å². The lowest BCUT2D eigenvalue weighted by molar-refractivity contribution is -0.109. The molecule has 0 spiro atoms. The topological polar surface area (TPSA) is 74.4 Å². The molecule has 2 aliphatic heterocycles. The van der Waals surface area contributed by atoms with E-state index in [1.165, 1.54) is 34.0 Å². The van der Waals surface area contributed by atoms with Crippen LogP contribution in [0.25, 0.3) is 90.9 Å². The monoisotopic (exact) mass is 996 g/mol. The lowest BCUT2D eigenvalue weighted by atomic mass is 9.92. The van der Waals surface area contributed by atoms with Crippen LogP contribution in [0.5, 0.6) is 0 Å². The van der Waals surface area contributed by atoms with E-state index in [1.54, 1.807) is 6.92 Å². The average Bonchev–Trinajstić information content (AvgIpc) is 4.03. The second-order valence-electron chi connectivity index (χ2n) is 14.8. The Morgan fingerprint density at radius 3 is 1.41 bits per heavy atom. The van der Waals surface area contributed by atoms with Gasteiger partial charge in [-0.05, 0) is 178 Å². The van der Waals surface area contributed by atoms with Crippen LogP contribution in [0.1, 0.15) is 52.0 Å². The van der Waals surface area contributed by atoms with E-state index < -0.39 is 0 Å². The van der Waals surface area contributed by atoms with Crippen LogP contribution in [-0.2, 0) is 10.5 Å². The van der Waals surface area contributed by atoms with Crippen molar-refractivity contribution in [1.82, 2.24) is 19.9 Å². The Morgan fingerprint density at radius 1 is 0.534 bits per heavy atom. The van der Waals surface area contributed by atoms with E-state index in [-0.39, 0.29) is 5.12 Å². The zero-order chi connectivity index (χ0) is 40.1. The standard InChI is InChI=1S/C50H38I2N4OS/c1-28-23-29(2)46(30(3)24-28)50-44-21-19-42(55-44)48(34-7-5-9-36(51)25-34)40-17-15-38(53-40)47(33-13-11-32(12-14-33)27-58-31(4)57)39-16-18-41(54-39)49(43-20-22-45(50)56-43)35-8-6-10-37(52)26-35/h5-26,53,56H,27H2,1-4H3. The number of carbonyl (C=O) groups excluding carboxylic acids is 1. The van der Waals surface area contributed by atoms with E-state index in [0.717, 1.165) is 96.5 Å². The summed E-state index contributed by atoms with van der Waals surface area (Å²) in [7, 11) is 0. The van der Waals surface area contributed by atoms with Gasteiger partial charge in [-0.2, -0.15) is 0 Å². The molecule has 0 amide bonds. The van der Waals surface area contributed by atoms with Gasteiger partial charge in [0.05, 0.1) is 22.8 Å². The molecule has 2 N–H and O–H groups in total. The first-order chi connectivity index (χ1) is 28.1. The second-order valence-corrected chi connectivity index (χ2v) is 18.4. The van der Waals surface area contributed by atoms with E-state index in [4.69, 9.17) is 9.97 Å². The van der Waals surface area contributed by atoms with Crippen LogP contribution in [-0.4, -0.2) is 25.1 Å². The molecule has 0 fully saturated rings. The Morgan fingerprint density at radius 2 is 0.966 bits per heavy atom. The number of H-pyrrole nitrogens is 2. The highest BCUT2D eigenvalue weighted by molar-refractivity contribution is 14.1. The Labute approximate surface area is 369 Å². The molecule has 8 heteroatoms. The number of aromatic amines is 2. The van der Waals surface area contributed by atoms with Crippen LogP contribution >= 0.6 is 56.9 Å². The number of fused-ring (bicyclic) bond motifs is 8. The van der Waals surface area contributed by atoms with E-state index >= 15 is 0 Å². The highest BCUT2D eigenvalue weighted by Gasteiger charge is 2.20. The zero-order valence-corrected chi connectivity index (χ0v) is 37.5. The molecule has 58 heavy (non-hydrogen) atoms. The Kier molecular flexibility index (Phi) is 10.6. The third-order valence-electron chi connectivity index (χ3n) is 10.6. The summed E-state index contributed by atoms with van der Waals surface area (Å²) in [4.78, 5) is 30.5. The van der Waals surface area contributed by atoms with E-state index in [1.807, 2.05) is 0 Å². The molecule has 7 aromatic rings. The molecule has 5 nitrogen and oxygen atoms in total. The lowest BCUT2D eigenvalue weighted by Gasteiger charge is -2.13. The van der Waals surface area contributed by atoms with Crippen LogP contribution in [0.15, 0.2) is 109 Å².